The second kappa shape index (κ2) is 9.11. The lowest BCUT2D eigenvalue weighted by Crippen LogP contribution is -2.52. The summed E-state index contributed by atoms with van der Waals surface area (Å²) in [4.78, 5) is 11.0. The normalized spacial score (nSPS) is 26.5. The molecule has 4 aliphatic rings. The molecule has 0 spiro atoms. The van der Waals surface area contributed by atoms with Crippen LogP contribution in [0.5, 0.6) is 17.4 Å². The lowest BCUT2D eigenvalue weighted by molar-refractivity contribution is 0.0631. The van der Waals surface area contributed by atoms with Gasteiger partial charge in [-0.25, -0.2) is 14.4 Å². The first-order valence-corrected chi connectivity index (χ1v) is 13.4. The van der Waals surface area contributed by atoms with Gasteiger partial charge < -0.3 is 19.5 Å². The number of fused-ring (bicyclic) bond motifs is 3. The summed E-state index contributed by atoms with van der Waals surface area (Å²) in [6.07, 6.45) is 9.92. The molecule has 3 aromatic rings. The molecule has 1 N–H and O–H groups in total. The van der Waals surface area contributed by atoms with E-state index in [2.05, 4.69) is 25.1 Å². The minimum Gasteiger partial charge on any atom is -0.507 e. The summed E-state index contributed by atoms with van der Waals surface area (Å²) in [5.41, 5.74) is 2.08. The van der Waals surface area contributed by atoms with E-state index in [4.69, 9.17) is 9.47 Å². The van der Waals surface area contributed by atoms with Crippen molar-refractivity contribution in [2.75, 3.05) is 18.1 Å². The van der Waals surface area contributed by atoms with E-state index in [-0.39, 0.29) is 17.7 Å². The van der Waals surface area contributed by atoms with Crippen LogP contribution < -0.4 is 14.4 Å². The fourth-order valence-electron chi connectivity index (χ4n) is 6.37. The molecule has 37 heavy (non-hydrogen) atoms. The minimum atomic E-state index is -0.828. The van der Waals surface area contributed by atoms with Gasteiger partial charge in [0.25, 0.3) is 5.88 Å². The third-order valence-corrected chi connectivity index (χ3v) is 8.30. The van der Waals surface area contributed by atoms with Crippen molar-refractivity contribution in [3.63, 3.8) is 0 Å². The Labute approximate surface area is 214 Å². The fraction of sp³-hybridized carbons (Fsp3) is 0.500. The first-order chi connectivity index (χ1) is 18.1. The predicted octanol–water partition coefficient (Wildman–Crippen LogP) is 4.96. The number of nitrogens with zero attached hydrogens (tertiary/aromatic N) is 5. The third-order valence-electron chi connectivity index (χ3n) is 8.30. The van der Waals surface area contributed by atoms with Crippen molar-refractivity contribution in [1.82, 2.24) is 20.2 Å². The van der Waals surface area contributed by atoms with Gasteiger partial charge in [0.1, 0.15) is 25.1 Å². The van der Waals surface area contributed by atoms with Crippen molar-refractivity contribution in [2.45, 2.75) is 63.2 Å². The highest BCUT2D eigenvalue weighted by Gasteiger charge is 2.46. The Kier molecular flexibility index (Phi) is 5.59. The molecular formula is C28H30FN5O3. The van der Waals surface area contributed by atoms with Gasteiger partial charge in [0, 0.05) is 17.8 Å². The first kappa shape index (κ1) is 22.7. The monoisotopic (exact) mass is 503 g/mol. The van der Waals surface area contributed by atoms with E-state index in [9.17, 15) is 5.11 Å². The van der Waals surface area contributed by atoms with Crippen molar-refractivity contribution >= 4 is 5.82 Å². The van der Waals surface area contributed by atoms with E-state index >= 15 is 4.39 Å². The van der Waals surface area contributed by atoms with E-state index in [1.165, 1.54) is 6.42 Å². The number of phenolic OH excluding ortho intramolecular Hbond substituents is 1. The molecule has 2 bridgehead atoms. The molecule has 0 amide bonds. The van der Waals surface area contributed by atoms with E-state index in [0.717, 1.165) is 49.7 Å². The summed E-state index contributed by atoms with van der Waals surface area (Å²) in [5.74, 6) is 2.86. The zero-order valence-corrected chi connectivity index (χ0v) is 20.6. The van der Waals surface area contributed by atoms with E-state index in [1.54, 1.807) is 24.5 Å². The Balaban J connectivity index is 1.13. The molecule has 1 aromatic carbocycles. The molecule has 192 valence electrons. The SMILES string of the molecule is Oc1cc(-c2cnc3c(c2)OCCO3)ccc1-c1ncc(N(C2CC2)[C@@H]2C[C@H]3CCC[C@H](C3)[C@@H]2F)nn1. The van der Waals surface area contributed by atoms with E-state index < -0.39 is 6.17 Å². The van der Waals surface area contributed by atoms with Gasteiger partial charge in [-0.1, -0.05) is 18.9 Å². The number of alkyl halides is 1. The van der Waals surface area contributed by atoms with Gasteiger partial charge in [-0.3, -0.25) is 0 Å². The van der Waals surface area contributed by atoms with Crippen molar-refractivity contribution in [2.24, 2.45) is 11.8 Å². The molecule has 3 fully saturated rings. The number of rotatable bonds is 5. The molecule has 1 aliphatic heterocycles. The standard InChI is InChI=1S/C28H30FN5O3/c29-26-18-3-1-2-16(10-18)11-22(26)34(20-5-6-20)25-15-30-27(33-32-25)21-7-4-17(12-23(21)35)19-13-24-28(31-14-19)37-9-8-36-24/h4,7,12-16,18,20,22,26,35H,1-3,5-6,8-11H2/t16-,18+,22+,26-/m0/s1. The van der Waals surface area contributed by atoms with Crippen LogP contribution in [0.1, 0.15) is 44.9 Å². The number of halogens is 1. The van der Waals surface area contributed by atoms with Crippen LogP contribution in [0.4, 0.5) is 10.2 Å². The van der Waals surface area contributed by atoms with Gasteiger partial charge >= 0.3 is 0 Å². The second-order valence-corrected chi connectivity index (χ2v) is 10.8. The lowest BCUT2D eigenvalue weighted by Gasteiger charge is -2.46. The third kappa shape index (κ3) is 4.24. The predicted molar refractivity (Wildman–Crippen MR) is 135 cm³/mol. The molecular weight excluding hydrogens is 473 g/mol. The number of aromatic nitrogens is 4. The van der Waals surface area contributed by atoms with Crippen LogP contribution in [-0.4, -0.2) is 56.7 Å². The minimum absolute atomic E-state index is 0.0462. The first-order valence-electron chi connectivity index (χ1n) is 13.4. The molecule has 0 unspecified atom stereocenters. The molecule has 7 rings (SSSR count). The van der Waals surface area contributed by atoms with E-state index in [0.29, 0.717) is 54.0 Å². The molecule has 9 heteroatoms. The largest absolute Gasteiger partial charge is 0.507 e. The molecule has 3 aliphatic carbocycles. The molecule has 3 heterocycles. The number of ether oxygens (including phenoxy) is 2. The van der Waals surface area contributed by atoms with Crippen LogP contribution in [0, 0.1) is 11.8 Å². The van der Waals surface area contributed by atoms with Gasteiger partial charge in [-0.15, -0.1) is 10.2 Å². The lowest BCUT2D eigenvalue weighted by atomic mass is 9.69. The van der Waals surface area contributed by atoms with Crippen molar-refractivity contribution in [3.05, 3.63) is 36.7 Å². The molecule has 4 atom stereocenters. The Bertz CT molecular complexity index is 1300. The van der Waals surface area contributed by atoms with Gasteiger partial charge in [0.05, 0.1) is 17.8 Å². The molecule has 8 nitrogen and oxygen atoms in total. The zero-order chi connectivity index (χ0) is 24.9. The van der Waals surface area contributed by atoms with Crippen LogP contribution in [0.25, 0.3) is 22.5 Å². The highest BCUT2D eigenvalue weighted by molar-refractivity contribution is 5.73. The van der Waals surface area contributed by atoms with Crippen molar-refractivity contribution in [3.8, 4) is 39.9 Å². The Morgan fingerprint density at radius 1 is 0.919 bits per heavy atom. The Morgan fingerprint density at radius 3 is 2.62 bits per heavy atom. The van der Waals surface area contributed by atoms with Gasteiger partial charge in [-0.05, 0) is 67.7 Å². The average molecular weight is 504 g/mol. The summed E-state index contributed by atoms with van der Waals surface area (Å²) >= 11 is 0. The zero-order valence-electron chi connectivity index (χ0n) is 20.6. The fourth-order valence-corrected chi connectivity index (χ4v) is 6.37. The second-order valence-electron chi connectivity index (χ2n) is 10.8. The number of hydrogen-bond donors (Lipinski definition) is 1. The highest BCUT2D eigenvalue weighted by atomic mass is 19.1. The summed E-state index contributed by atoms with van der Waals surface area (Å²) in [6, 6.07) is 7.33. The number of anilines is 1. The summed E-state index contributed by atoms with van der Waals surface area (Å²) in [7, 11) is 0. The maximum absolute atomic E-state index is 15.5. The van der Waals surface area contributed by atoms with Crippen LogP contribution >= 0.6 is 0 Å². The van der Waals surface area contributed by atoms with Gasteiger partial charge in [0.2, 0.25) is 0 Å². The maximum Gasteiger partial charge on any atom is 0.257 e. The summed E-state index contributed by atoms with van der Waals surface area (Å²) < 4.78 is 26.7. The molecule has 0 radical (unpaired) electrons. The summed E-state index contributed by atoms with van der Waals surface area (Å²) in [5, 5.41) is 19.7. The number of pyridine rings is 1. The highest BCUT2D eigenvalue weighted by Crippen LogP contribution is 2.46. The van der Waals surface area contributed by atoms with Gasteiger partial charge in [-0.2, -0.15) is 0 Å². The van der Waals surface area contributed by atoms with E-state index in [1.807, 2.05) is 12.1 Å². The van der Waals surface area contributed by atoms with Crippen molar-refractivity contribution < 1.29 is 19.0 Å². The molecule has 3 saturated carbocycles. The number of phenols is 1. The summed E-state index contributed by atoms with van der Waals surface area (Å²) in [6.45, 7) is 0.963. The number of hydrogen-bond acceptors (Lipinski definition) is 8. The van der Waals surface area contributed by atoms with Crippen LogP contribution in [0.15, 0.2) is 36.7 Å². The average Bonchev–Trinajstić information content (AvgIpc) is 3.77. The van der Waals surface area contributed by atoms with Crippen LogP contribution in [-0.2, 0) is 0 Å². The maximum atomic E-state index is 15.5. The van der Waals surface area contributed by atoms with Crippen molar-refractivity contribution in [1.29, 1.82) is 0 Å². The topological polar surface area (TPSA) is 93.5 Å². The Hall–Kier alpha value is -3.49. The molecule has 0 saturated heterocycles. The number of benzene rings is 1. The van der Waals surface area contributed by atoms with Crippen LogP contribution in [0.3, 0.4) is 0 Å². The molecule has 2 aromatic heterocycles. The Morgan fingerprint density at radius 2 is 1.81 bits per heavy atom. The van der Waals surface area contributed by atoms with Gasteiger partial charge in [0.15, 0.2) is 17.4 Å². The number of aromatic hydroxyl groups is 1. The quantitative estimate of drug-likeness (QED) is 0.522. The van der Waals surface area contributed by atoms with Crippen LogP contribution in [0.2, 0.25) is 0 Å². The smallest absolute Gasteiger partial charge is 0.257 e.